The molecule has 0 saturated carbocycles. The maximum absolute atomic E-state index is 12.3. The van der Waals surface area contributed by atoms with E-state index in [9.17, 15) is 9.59 Å². The topological polar surface area (TPSA) is 84.2 Å². The molecule has 4 N–H and O–H groups in total. The predicted molar refractivity (Wildman–Crippen MR) is 101 cm³/mol. The minimum atomic E-state index is -0.667. The Bertz CT molecular complexity index is 722. The summed E-state index contributed by atoms with van der Waals surface area (Å²) in [6, 6.07) is 13.8. The monoisotopic (exact) mass is 407 g/mol. The third-order valence-corrected chi connectivity index (χ3v) is 4.59. The number of thioether (sulfide) groups is 1. The largest absolute Gasteiger partial charge is 0.352 e. The number of primary amides is 1. The van der Waals surface area contributed by atoms with Crippen molar-refractivity contribution in [2.45, 2.75) is 17.4 Å². The van der Waals surface area contributed by atoms with Gasteiger partial charge in [-0.2, -0.15) is 0 Å². The molecule has 2 rings (SSSR count). The first-order valence-electron chi connectivity index (χ1n) is 7.23. The van der Waals surface area contributed by atoms with Crippen molar-refractivity contribution in [1.29, 1.82) is 0 Å². The lowest BCUT2D eigenvalue weighted by Crippen LogP contribution is -2.35. The van der Waals surface area contributed by atoms with Crippen LogP contribution in [0.2, 0.25) is 0 Å². The summed E-state index contributed by atoms with van der Waals surface area (Å²) < 4.78 is 0.919. The van der Waals surface area contributed by atoms with Crippen molar-refractivity contribution in [1.82, 2.24) is 5.32 Å². The minimum Gasteiger partial charge on any atom is -0.352 e. The molecule has 126 valence electrons. The number of hydrogen-bond acceptors (Lipinski definition) is 3. The lowest BCUT2D eigenvalue weighted by Gasteiger charge is -2.18. The van der Waals surface area contributed by atoms with E-state index in [4.69, 9.17) is 5.73 Å². The van der Waals surface area contributed by atoms with Crippen LogP contribution in [0.5, 0.6) is 0 Å². The van der Waals surface area contributed by atoms with Gasteiger partial charge in [-0.1, -0.05) is 34.1 Å². The molecule has 3 amide bonds. The number of anilines is 1. The first-order valence-corrected chi connectivity index (χ1v) is 9.25. The summed E-state index contributed by atoms with van der Waals surface area (Å²) >= 11 is 4.96. The van der Waals surface area contributed by atoms with Crippen molar-refractivity contribution in [3.8, 4) is 0 Å². The van der Waals surface area contributed by atoms with Crippen molar-refractivity contribution in [3.05, 3.63) is 58.6 Å². The third-order valence-electron chi connectivity index (χ3n) is 3.33. The molecule has 0 aliphatic heterocycles. The van der Waals surface area contributed by atoms with Crippen LogP contribution in [0, 0.1) is 0 Å². The van der Waals surface area contributed by atoms with Crippen LogP contribution in [0.25, 0.3) is 0 Å². The van der Waals surface area contributed by atoms with E-state index in [0.717, 1.165) is 20.6 Å². The molecule has 2 aromatic carbocycles. The Labute approximate surface area is 153 Å². The zero-order valence-electron chi connectivity index (χ0n) is 13.1. The predicted octanol–water partition coefficient (Wildman–Crippen LogP) is 3.91. The second kappa shape index (κ2) is 8.75. The molecule has 0 aromatic heterocycles. The number of benzene rings is 2. The van der Waals surface area contributed by atoms with Crippen LogP contribution in [0.3, 0.4) is 0 Å². The number of carbonyl (C=O) groups excluding carboxylic acids is 2. The fraction of sp³-hybridized carbons (Fsp3) is 0.176. The first kappa shape index (κ1) is 18.4. The van der Waals surface area contributed by atoms with E-state index in [2.05, 4.69) is 26.6 Å². The molecule has 2 aromatic rings. The standard InChI is InChI=1S/C17H18BrN3O2S/c1-24-14-4-2-3-13(9-14)20-16(22)10-15(21-17(19)23)11-5-7-12(18)8-6-11/h2-9,15H,10H2,1H3,(H,20,22)(H3,19,21,23)/t15-/m1/s1. The molecule has 0 fully saturated rings. The number of urea groups is 1. The second-order valence-electron chi connectivity index (χ2n) is 5.10. The van der Waals surface area contributed by atoms with Gasteiger partial charge in [0.1, 0.15) is 0 Å². The summed E-state index contributed by atoms with van der Waals surface area (Å²) in [4.78, 5) is 24.6. The molecule has 0 spiro atoms. The van der Waals surface area contributed by atoms with Gasteiger partial charge in [0.15, 0.2) is 0 Å². The van der Waals surface area contributed by atoms with Crippen molar-refractivity contribution in [2.24, 2.45) is 5.73 Å². The number of nitrogens with one attached hydrogen (secondary N) is 2. The van der Waals surface area contributed by atoms with Crippen molar-refractivity contribution in [2.75, 3.05) is 11.6 Å². The van der Waals surface area contributed by atoms with Crippen LogP contribution in [0.4, 0.5) is 10.5 Å². The molecule has 0 heterocycles. The minimum absolute atomic E-state index is 0.0913. The average molecular weight is 408 g/mol. The number of nitrogens with two attached hydrogens (primary N) is 1. The highest BCUT2D eigenvalue weighted by atomic mass is 79.9. The molecule has 0 aliphatic rings. The summed E-state index contributed by atoms with van der Waals surface area (Å²) in [7, 11) is 0. The molecule has 24 heavy (non-hydrogen) atoms. The van der Waals surface area contributed by atoms with E-state index in [0.29, 0.717) is 0 Å². The maximum atomic E-state index is 12.3. The van der Waals surface area contributed by atoms with Gasteiger partial charge >= 0.3 is 6.03 Å². The van der Waals surface area contributed by atoms with Crippen LogP contribution in [-0.4, -0.2) is 18.2 Å². The normalized spacial score (nSPS) is 11.6. The van der Waals surface area contributed by atoms with Crippen LogP contribution in [-0.2, 0) is 4.79 Å². The summed E-state index contributed by atoms with van der Waals surface area (Å²) in [5.41, 5.74) is 6.77. The molecular formula is C17H18BrN3O2S. The Balaban J connectivity index is 2.08. The van der Waals surface area contributed by atoms with E-state index in [1.54, 1.807) is 11.8 Å². The molecule has 0 saturated heterocycles. The van der Waals surface area contributed by atoms with Crippen LogP contribution >= 0.6 is 27.7 Å². The summed E-state index contributed by atoms with van der Waals surface area (Å²) in [6.45, 7) is 0. The van der Waals surface area contributed by atoms with Crippen LogP contribution in [0.15, 0.2) is 57.9 Å². The number of hydrogen-bond donors (Lipinski definition) is 3. The maximum Gasteiger partial charge on any atom is 0.312 e. The zero-order valence-corrected chi connectivity index (χ0v) is 15.5. The Kier molecular flexibility index (Phi) is 6.69. The van der Waals surface area contributed by atoms with E-state index < -0.39 is 12.1 Å². The highest BCUT2D eigenvalue weighted by molar-refractivity contribution is 9.10. The van der Waals surface area contributed by atoms with Crippen LogP contribution in [0.1, 0.15) is 18.0 Å². The lowest BCUT2D eigenvalue weighted by atomic mass is 10.0. The second-order valence-corrected chi connectivity index (χ2v) is 6.89. The first-order chi connectivity index (χ1) is 11.5. The fourth-order valence-corrected chi connectivity index (χ4v) is 2.94. The van der Waals surface area contributed by atoms with Crippen LogP contribution < -0.4 is 16.4 Å². The summed E-state index contributed by atoms with van der Waals surface area (Å²) in [5.74, 6) is -0.199. The Morgan fingerprint density at radius 1 is 1.21 bits per heavy atom. The van der Waals surface area contributed by atoms with Gasteiger partial charge < -0.3 is 16.4 Å². The average Bonchev–Trinajstić information content (AvgIpc) is 2.54. The van der Waals surface area contributed by atoms with Gasteiger partial charge in [-0.25, -0.2) is 4.79 Å². The Morgan fingerprint density at radius 2 is 1.92 bits per heavy atom. The highest BCUT2D eigenvalue weighted by Gasteiger charge is 2.17. The van der Waals surface area contributed by atoms with E-state index in [1.807, 2.05) is 54.8 Å². The Hall–Kier alpha value is -1.99. The number of carbonyl (C=O) groups is 2. The summed E-state index contributed by atoms with van der Waals surface area (Å²) in [5, 5.41) is 5.46. The molecular weight excluding hydrogens is 390 g/mol. The van der Waals surface area contributed by atoms with Gasteiger partial charge in [0.25, 0.3) is 0 Å². The Morgan fingerprint density at radius 3 is 2.54 bits per heavy atom. The van der Waals surface area contributed by atoms with E-state index in [-0.39, 0.29) is 12.3 Å². The van der Waals surface area contributed by atoms with E-state index >= 15 is 0 Å². The van der Waals surface area contributed by atoms with Gasteiger partial charge in [-0.3, -0.25) is 4.79 Å². The van der Waals surface area contributed by atoms with Gasteiger partial charge in [0.05, 0.1) is 12.5 Å². The summed E-state index contributed by atoms with van der Waals surface area (Å²) in [6.07, 6.45) is 2.06. The molecule has 7 heteroatoms. The quantitative estimate of drug-likeness (QED) is 0.634. The number of amides is 3. The zero-order chi connectivity index (χ0) is 17.5. The molecule has 0 radical (unpaired) electrons. The van der Waals surface area contributed by atoms with Gasteiger partial charge in [0.2, 0.25) is 5.91 Å². The fourth-order valence-electron chi connectivity index (χ4n) is 2.22. The molecule has 0 aliphatic carbocycles. The van der Waals surface area contributed by atoms with Gasteiger partial charge in [-0.05, 0) is 42.2 Å². The van der Waals surface area contributed by atoms with Gasteiger partial charge in [-0.15, -0.1) is 11.8 Å². The lowest BCUT2D eigenvalue weighted by molar-refractivity contribution is -0.116. The molecule has 0 unspecified atom stereocenters. The van der Waals surface area contributed by atoms with Crippen molar-refractivity contribution >= 4 is 45.3 Å². The SMILES string of the molecule is CSc1cccc(NC(=O)C[C@@H](NC(N)=O)c2ccc(Br)cc2)c1. The molecule has 0 bridgehead atoms. The van der Waals surface area contributed by atoms with Crippen molar-refractivity contribution in [3.63, 3.8) is 0 Å². The highest BCUT2D eigenvalue weighted by Crippen LogP contribution is 2.22. The smallest absolute Gasteiger partial charge is 0.312 e. The number of rotatable bonds is 6. The third kappa shape index (κ3) is 5.58. The number of halogens is 1. The molecule has 5 nitrogen and oxygen atoms in total. The molecule has 1 atom stereocenters. The van der Waals surface area contributed by atoms with E-state index in [1.165, 1.54) is 0 Å². The van der Waals surface area contributed by atoms with Gasteiger partial charge in [0, 0.05) is 15.1 Å². The van der Waals surface area contributed by atoms with Crippen molar-refractivity contribution < 1.29 is 9.59 Å².